The first-order valence-corrected chi connectivity index (χ1v) is 11.4. The fourth-order valence-corrected chi connectivity index (χ4v) is 4.08. The van der Waals surface area contributed by atoms with Crippen LogP contribution in [0.1, 0.15) is 55.7 Å². The van der Waals surface area contributed by atoms with Crippen molar-refractivity contribution in [1.29, 1.82) is 5.26 Å². The Morgan fingerprint density at radius 3 is 2.36 bits per heavy atom. The third-order valence-electron chi connectivity index (χ3n) is 5.93. The van der Waals surface area contributed by atoms with Crippen molar-refractivity contribution in [3.8, 4) is 28.3 Å². The van der Waals surface area contributed by atoms with Crippen molar-refractivity contribution in [2.24, 2.45) is 0 Å². The van der Waals surface area contributed by atoms with E-state index in [-0.39, 0.29) is 11.3 Å². The zero-order valence-electron chi connectivity index (χ0n) is 19.6. The van der Waals surface area contributed by atoms with Crippen molar-refractivity contribution < 1.29 is 4.79 Å². The van der Waals surface area contributed by atoms with E-state index in [0.29, 0.717) is 17.8 Å². The van der Waals surface area contributed by atoms with Crippen molar-refractivity contribution in [1.82, 2.24) is 10.3 Å². The molecule has 4 rings (SSSR count). The summed E-state index contributed by atoms with van der Waals surface area (Å²) >= 11 is 0. The van der Waals surface area contributed by atoms with Crippen molar-refractivity contribution in [3.63, 3.8) is 0 Å². The highest BCUT2D eigenvalue weighted by molar-refractivity contribution is 6.10. The van der Waals surface area contributed by atoms with Crippen molar-refractivity contribution in [2.45, 2.75) is 39.5 Å². The number of H-pyrrole nitrogens is 1. The summed E-state index contributed by atoms with van der Waals surface area (Å²) in [5.41, 5.74) is 7.25. The molecule has 1 amide bonds. The summed E-state index contributed by atoms with van der Waals surface area (Å²) < 4.78 is 0. The van der Waals surface area contributed by atoms with Crippen LogP contribution >= 0.6 is 0 Å². The SMILES string of the molecule is CCCNC(=O)c1[nH]c2ccc(-c3ccc(C(C)(C)C)cc3)cc2c1-c1cccc(C#N)c1. The minimum absolute atomic E-state index is 0.100. The van der Waals surface area contributed by atoms with Gasteiger partial charge in [0.25, 0.3) is 5.91 Å². The minimum Gasteiger partial charge on any atom is -0.351 e. The first-order valence-electron chi connectivity index (χ1n) is 11.4. The van der Waals surface area contributed by atoms with Crippen LogP contribution in [0.3, 0.4) is 0 Å². The number of carbonyl (C=O) groups is 1. The molecule has 1 heterocycles. The number of fused-ring (bicyclic) bond motifs is 1. The Bertz CT molecular complexity index is 1350. The Kier molecular flexibility index (Phi) is 6.07. The van der Waals surface area contributed by atoms with Gasteiger partial charge in [-0.15, -0.1) is 0 Å². The summed E-state index contributed by atoms with van der Waals surface area (Å²) in [4.78, 5) is 16.3. The van der Waals surface area contributed by atoms with E-state index in [1.807, 2.05) is 31.2 Å². The molecule has 166 valence electrons. The van der Waals surface area contributed by atoms with Crippen LogP contribution in [-0.2, 0) is 5.41 Å². The first kappa shape index (κ1) is 22.4. The maximum atomic E-state index is 13.0. The van der Waals surface area contributed by atoms with E-state index in [2.05, 4.69) is 73.5 Å². The van der Waals surface area contributed by atoms with E-state index in [0.717, 1.165) is 39.6 Å². The third kappa shape index (κ3) is 4.54. The van der Waals surface area contributed by atoms with Gasteiger partial charge in [-0.05, 0) is 58.4 Å². The van der Waals surface area contributed by atoms with Gasteiger partial charge < -0.3 is 10.3 Å². The molecule has 0 saturated carbocycles. The monoisotopic (exact) mass is 435 g/mol. The first-order chi connectivity index (χ1) is 15.8. The summed E-state index contributed by atoms with van der Waals surface area (Å²) in [6.45, 7) is 9.26. The van der Waals surface area contributed by atoms with Gasteiger partial charge in [0, 0.05) is 23.0 Å². The summed E-state index contributed by atoms with van der Waals surface area (Å²) in [5.74, 6) is -0.138. The van der Waals surface area contributed by atoms with Gasteiger partial charge in [0.05, 0.1) is 11.6 Å². The Labute approximate surface area is 195 Å². The Hall–Kier alpha value is -3.84. The number of nitriles is 1. The number of rotatable bonds is 5. The van der Waals surface area contributed by atoms with E-state index >= 15 is 0 Å². The predicted octanol–water partition coefficient (Wildman–Crippen LogP) is 6.81. The third-order valence-corrected chi connectivity index (χ3v) is 5.93. The highest BCUT2D eigenvalue weighted by atomic mass is 16.1. The lowest BCUT2D eigenvalue weighted by molar-refractivity contribution is 0.0950. The molecule has 0 aliphatic rings. The van der Waals surface area contributed by atoms with Crippen LogP contribution in [0.25, 0.3) is 33.2 Å². The largest absolute Gasteiger partial charge is 0.351 e. The number of carbonyl (C=O) groups excluding carboxylic acids is 1. The normalized spacial score (nSPS) is 11.4. The molecule has 0 aliphatic heterocycles. The zero-order valence-corrected chi connectivity index (χ0v) is 19.6. The molecule has 0 spiro atoms. The Morgan fingerprint density at radius 1 is 0.970 bits per heavy atom. The molecule has 3 aromatic carbocycles. The van der Waals surface area contributed by atoms with E-state index in [1.54, 1.807) is 6.07 Å². The number of nitrogens with one attached hydrogen (secondary N) is 2. The van der Waals surface area contributed by atoms with E-state index in [9.17, 15) is 10.1 Å². The molecule has 0 aliphatic carbocycles. The smallest absolute Gasteiger partial charge is 0.268 e. The van der Waals surface area contributed by atoms with E-state index < -0.39 is 0 Å². The topological polar surface area (TPSA) is 68.7 Å². The van der Waals surface area contributed by atoms with Crippen LogP contribution in [0.15, 0.2) is 66.7 Å². The molecule has 0 saturated heterocycles. The fourth-order valence-electron chi connectivity index (χ4n) is 4.08. The van der Waals surface area contributed by atoms with Gasteiger partial charge in [-0.1, -0.05) is 70.2 Å². The molecule has 4 nitrogen and oxygen atoms in total. The molecule has 1 aromatic heterocycles. The van der Waals surface area contributed by atoms with E-state index in [1.165, 1.54) is 5.56 Å². The Morgan fingerprint density at radius 2 is 1.70 bits per heavy atom. The lowest BCUT2D eigenvalue weighted by Gasteiger charge is -2.19. The fraction of sp³-hybridized carbons (Fsp3) is 0.241. The van der Waals surface area contributed by atoms with Gasteiger partial charge in [-0.3, -0.25) is 4.79 Å². The average Bonchev–Trinajstić information content (AvgIpc) is 3.21. The van der Waals surface area contributed by atoms with Crippen molar-refractivity contribution in [2.75, 3.05) is 6.54 Å². The highest BCUT2D eigenvalue weighted by Crippen LogP contribution is 2.36. The summed E-state index contributed by atoms with van der Waals surface area (Å²) in [6.07, 6.45) is 0.861. The standard InChI is InChI=1S/C29H29N3O/c1-5-15-31-28(33)27-26(22-8-6-7-19(16-22)18-30)24-17-21(11-14-25(24)32-27)20-9-12-23(13-10-20)29(2,3)4/h6-14,16-17,32H,5,15H2,1-4H3,(H,31,33). The lowest BCUT2D eigenvalue weighted by Crippen LogP contribution is -2.24. The van der Waals surface area contributed by atoms with Gasteiger partial charge in [0.15, 0.2) is 0 Å². The van der Waals surface area contributed by atoms with Gasteiger partial charge in [-0.25, -0.2) is 0 Å². The predicted molar refractivity (Wildman–Crippen MR) is 135 cm³/mol. The number of aromatic amines is 1. The molecule has 4 aromatic rings. The minimum atomic E-state index is -0.138. The van der Waals surface area contributed by atoms with Crippen molar-refractivity contribution >= 4 is 16.8 Å². The molecule has 0 fully saturated rings. The molecule has 4 heteroatoms. The second kappa shape index (κ2) is 8.96. The maximum absolute atomic E-state index is 13.0. The van der Waals surface area contributed by atoms with E-state index in [4.69, 9.17) is 0 Å². The number of hydrogen-bond donors (Lipinski definition) is 2. The second-order valence-electron chi connectivity index (χ2n) is 9.41. The quantitative estimate of drug-likeness (QED) is 0.361. The number of hydrogen-bond acceptors (Lipinski definition) is 2. The van der Waals surface area contributed by atoms with Gasteiger partial charge in [0.2, 0.25) is 0 Å². The zero-order chi connectivity index (χ0) is 23.6. The van der Waals surface area contributed by atoms with Crippen LogP contribution in [-0.4, -0.2) is 17.4 Å². The van der Waals surface area contributed by atoms with Crippen LogP contribution in [0.2, 0.25) is 0 Å². The molecule has 0 radical (unpaired) electrons. The van der Waals surface area contributed by atoms with Crippen LogP contribution in [0, 0.1) is 11.3 Å². The molecule has 33 heavy (non-hydrogen) atoms. The van der Waals surface area contributed by atoms with Crippen LogP contribution in [0.4, 0.5) is 0 Å². The second-order valence-corrected chi connectivity index (χ2v) is 9.41. The number of nitrogens with zero attached hydrogens (tertiary/aromatic N) is 1. The summed E-state index contributed by atoms with van der Waals surface area (Å²) in [6, 6.07) is 24.5. The molecular weight excluding hydrogens is 406 g/mol. The van der Waals surface area contributed by atoms with Gasteiger partial charge in [0.1, 0.15) is 5.69 Å². The molecule has 0 unspecified atom stereocenters. The molecule has 2 N–H and O–H groups in total. The number of benzene rings is 3. The number of amides is 1. The lowest BCUT2D eigenvalue weighted by atomic mass is 9.86. The van der Waals surface area contributed by atoms with Crippen LogP contribution in [0.5, 0.6) is 0 Å². The number of aromatic nitrogens is 1. The average molecular weight is 436 g/mol. The van der Waals surface area contributed by atoms with Gasteiger partial charge in [-0.2, -0.15) is 5.26 Å². The molecule has 0 bridgehead atoms. The summed E-state index contributed by atoms with van der Waals surface area (Å²) in [5, 5.41) is 13.3. The highest BCUT2D eigenvalue weighted by Gasteiger charge is 2.20. The van der Waals surface area contributed by atoms with Crippen molar-refractivity contribution in [3.05, 3.63) is 83.6 Å². The molecule has 0 atom stereocenters. The van der Waals surface area contributed by atoms with Gasteiger partial charge >= 0.3 is 0 Å². The molecular formula is C29H29N3O. The van der Waals surface area contributed by atoms with Crippen LogP contribution < -0.4 is 5.32 Å². The summed E-state index contributed by atoms with van der Waals surface area (Å²) in [7, 11) is 0. The maximum Gasteiger partial charge on any atom is 0.268 e. The Balaban J connectivity index is 1.88.